The van der Waals surface area contributed by atoms with Crippen molar-refractivity contribution in [1.29, 1.82) is 0 Å². The van der Waals surface area contributed by atoms with Crippen molar-refractivity contribution < 1.29 is 8.42 Å². The molecule has 20 heavy (non-hydrogen) atoms. The van der Waals surface area contributed by atoms with Crippen LogP contribution in [0, 0.1) is 12.8 Å². The van der Waals surface area contributed by atoms with E-state index in [4.69, 9.17) is 5.73 Å². The number of rotatable bonds is 6. The van der Waals surface area contributed by atoms with Gasteiger partial charge >= 0.3 is 0 Å². The van der Waals surface area contributed by atoms with Crippen molar-refractivity contribution in [2.24, 2.45) is 5.92 Å². The van der Waals surface area contributed by atoms with Crippen molar-refractivity contribution in [3.05, 3.63) is 22.2 Å². The molecule has 0 saturated carbocycles. The second kappa shape index (κ2) is 6.91. The Morgan fingerprint density at radius 2 is 1.85 bits per heavy atom. The summed E-state index contributed by atoms with van der Waals surface area (Å²) in [5, 5.41) is 0. The molecule has 1 aromatic carbocycles. The van der Waals surface area contributed by atoms with Gasteiger partial charge in [0.25, 0.3) is 0 Å². The number of anilines is 1. The number of hydrogen-bond acceptors (Lipinski definition) is 3. The molecule has 1 rings (SSSR count). The first-order valence-electron chi connectivity index (χ1n) is 6.71. The molecule has 0 spiro atoms. The molecule has 1 aromatic rings. The van der Waals surface area contributed by atoms with Gasteiger partial charge in [0.05, 0.1) is 4.90 Å². The number of nitrogens with two attached hydrogens (primary N) is 1. The summed E-state index contributed by atoms with van der Waals surface area (Å²) < 4.78 is 28.2. The van der Waals surface area contributed by atoms with Crippen LogP contribution in [-0.4, -0.2) is 14.5 Å². The van der Waals surface area contributed by atoms with Crippen molar-refractivity contribution >= 4 is 31.6 Å². The molecule has 0 fully saturated rings. The molecule has 0 amide bonds. The summed E-state index contributed by atoms with van der Waals surface area (Å²) in [6, 6.07) is 3.20. The molecule has 0 heterocycles. The molecule has 0 aliphatic rings. The summed E-state index contributed by atoms with van der Waals surface area (Å²) in [5.41, 5.74) is 6.87. The van der Waals surface area contributed by atoms with Crippen LogP contribution in [0.2, 0.25) is 0 Å². The van der Waals surface area contributed by atoms with E-state index in [2.05, 4.69) is 34.5 Å². The quantitative estimate of drug-likeness (QED) is 0.761. The average molecular weight is 363 g/mol. The number of hydrogen-bond donors (Lipinski definition) is 2. The fraction of sp³-hybridized carbons (Fsp3) is 0.571. The normalized spacial score (nSPS) is 13.7. The number of benzene rings is 1. The molecule has 0 aromatic heterocycles. The monoisotopic (exact) mass is 362 g/mol. The first-order valence-corrected chi connectivity index (χ1v) is 8.99. The SMILES string of the molecule is Cc1c(N)cc(Br)cc1S(=O)(=O)NC(C)CCC(C)C. The minimum Gasteiger partial charge on any atom is -0.398 e. The Bertz CT molecular complexity index is 571. The van der Waals surface area contributed by atoms with Gasteiger partial charge < -0.3 is 5.73 Å². The van der Waals surface area contributed by atoms with Crippen LogP contribution in [0.5, 0.6) is 0 Å². The van der Waals surface area contributed by atoms with Crippen molar-refractivity contribution in [3.8, 4) is 0 Å². The molecule has 1 atom stereocenters. The summed E-state index contributed by atoms with van der Waals surface area (Å²) in [7, 11) is -3.54. The zero-order chi connectivity index (χ0) is 15.5. The molecule has 0 aliphatic heterocycles. The topological polar surface area (TPSA) is 72.2 Å². The lowest BCUT2D eigenvalue weighted by molar-refractivity contribution is 0.485. The highest BCUT2D eigenvalue weighted by molar-refractivity contribution is 9.10. The third-order valence-corrected chi connectivity index (χ3v) is 5.36. The second-order valence-electron chi connectivity index (χ2n) is 5.61. The van der Waals surface area contributed by atoms with Gasteiger partial charge in [-0.15, -0.1) is 0 Å². The van der Waals surface area contributed by atoms with Gasteiger partial charge in [0.1, 0.15) is 0 Å². The maximum atomic E-state index is 12.4. The summed E-state index contributed by atoms with van der Waals surface area (Å²) in [6.45, 7) is 7.85. The summed E-state index contributed by atoms with van der Waals surface area (Å²) in [5.74, 6) is 0.560. The van der Waals surface area contributed by atoms with Gasteiger partial charge in [-0.3, -0.25) is 0 Å². The van der Waals surface area contributed by atoms with E-state index in [-0.39, 0.29) is 10.9 Å². The maximum absolute atomic E-state index is 12.4. The highest BCUT2D eigenvalue weighted by atomic mass is 79.9. The van der Waals surface area contributed by atoms with E-state index >= 15 is 0 Å². The van der Waals surface area contributed by atoms with E-state index in [1.54, 1.807) is 19.1 Å². The summed E-state index contributed by atoms with van der Waals surface area (Å²) in [4.78, 5) is 0.237. The molecule has 0 radical (unpaired) electrons. The van der Waals surface area contributed by atoms with Crippen LogP contribution in [-0.2, 0) is 10.0 Å². The van der Waals surface area contributed by atoms with E-state index in [0.717, 1.165) is 12.8 Å². The summed E-state index contributed by atoms with van der Waals surface area (Å²) in [6.07, 6.45) is 1.81. The van der Waals surface area contributed by atoms with Crippen molar-refractivity contribution in [3.63, 3.8) is 0 Å². The second-order valence-corrected chi connectivity index (χ2v) is 8.21. The molecule has 114 valence electrons. The Morgan fingerprint density at radius 1 is 1.25 bits per heavy atom. The Balaban J connectivity index is 2.94. The standard InChI is InChI=1S/C14H23BrN2O2S/c1-9(2)5-6-10(3)17-20(18,19)14-8-12(15)7-13(16)11(14)4/h7-10,17H,5-6,16H2,1-4H3. The predicted octanol–water partition coefficient (Wildman–Crippen LogP) is 3.44. The molecule has 0 aliphatic carbocycles. The minimum atomic E-state index is -3.54. The Kier molecular flexibility index (Phi) is 6.04. The number of sulfonamides is 1. The van der Waals surface area contributed by atoms with E-state index < -0.39 is 10.0 Å². The third-order valence-electron chi connectivity index (χ3n) is 3.19. The Hall–Kier alpha value is -0.590. The van der Waals surface area contributed by atoms with Gasteiger partial charge in [0.2, 0.25) is 10.0 Å². The van der Waals surface area contributed by atoms with Crippen LogP contribution in [0.15, 0.2) is 21.5 Å². The van der Waals surface area contributed by atoms with Crippen molar-refractivity contribution in [1.82, 2.24) is 4.72 Å². The van der Waals surface area contributed by atoms with Gasteiger partial charge in [-0.1, -0.05) is 29.8 Å². The van der Waals surface area contributed by atoms with Gasteiger partial charge in [-0.05, 0) is 50.3 Å². The Labute approximate surface area is 130 Å². The van der Waals surface area contributed by atoms with Gasteiger partial charge in [0.15, 0.2) is 0 Å². The fourth-order valence-electron chi connectivity index (χ4n) is 1.92. The van der Waals surface area contributed by atoms with Gasteiger partial charge in [-0.2, -0.15) is 0 Å². The van der Waals surface area contributed by atoms with Crippen LogP contribution < -0.4 is 10.5 Å². The van der Waals surface area contributed by atoms with Crippen LogP contribution in [0.4, 0.5) is 5.69 Å². The lowest BCUT2D eigenvalue weighted by Gasteiger charge is -2.17. The summed E-state index contributed by atoms with van der Waals surface area (Å²) >= 11 is 3.28. The van der Waals surface area contributed by atoms with Crippen LogP contribution in [0.25, 0.3) is 0 Å². The maximum Gasteiger partial charge on any atom is 0.241 e. The van der Waals surface area contributed by atoms with Gasteiger partial charge in [-0.25, -0.2) is 13.1 Å². The van der Waals surface area contributed by atoms with Crippen LogP contribution in [0.3, 0.4) is 0 Å². The third kappa shape index (κ3) is 4.75. The smallest absolute Gasteiger partial charge is 0.241 e. The fourth-order valence-corrected chi connectivity index (χ4v) is 4.13. The van der Waals surface area contributed by atoms with Crippen LogP contribution in [0.1, 0.15) is 39.2 Å². The molecule has 0 saturated heterocycles. The molecule has 6 heteroatoms. The molecular formula is C14H23BrN2O2S. The van der Waals surface area contributed by atoms with E-state index in [9.17, 15) is 8.42 Å². The number of nitrogens with one attached hydrogen (secondary N) is 1. The number of nitrogen functional groups attached to an aromatic ring is 1. The lowest BCUT2D eigenvalue weighted by atomic mass is 10.1. The van der Waals surface area contributed by atoms with E-state index in [1.165, 1.54) is 0 Å². The first-order chi connectivity index (χ1) is 9.13. The predicted molar refractivity (Wildman–Crippen MR) is 87.1 cm³/mol. The van der Waals surface area contributed by atoms with E-state index in [1.807, 2.05) is 6.92 Å². The highest BCUT2D eigenvalue weighted by Crippen LogP contribution is 2.26. The number of halogens is 1. The van der Waals surface area contributed by atoms with Crippen LogP contribution >= 0.6 is 15.9 Å². The molecule has 1 unspecified atom stereocenters. The van der Waals surface area contributed by atoms with Crippen molar-refractivity contribution in [2.45, 2.75) is 51.5 Å². The molecule has 0 bridgehead atoms. The molecule has 4 nitrogen and oxygen atoms in total. The van der Waals surface area contributed by atoms with Gasteiger partial charge in [0, 0.05) is 16.2 Å². The molecular weight excluding hydrogens is 340 g/mol. The first kappa shape index (κ1) is 17.5. The molecule has 3 N–H and O–H groups in total. The lowest BCUT2D eigenvalue weighted by Crippen LogP contribution is -2.33. The Morgan fingerprint density at radius 3 is 2.40 bits per heavy atom. The zero-order valence-electron chi connectivity index (χ0n) is 12.4. The largest absolute Gasteiger partial charge is 0.398 e. The van der Waals surface area contributed by atoms with E-state index in [0.29, 0.717) is 21.6 Å². The highest BCUT2D eigenvalue weighted by Gasteiger charge is 2.21. The minimum absolute atomic E-state index is 0.0954. The average Bonchev–Trinajstić information content (AvgIpc) is 2.30. The van der Waals surface area contributed by atoms with Crippen molar-refractivity contribution in [2.75, 3.05) is 5.73 Å². The zero-order valence-corrected chi connectivity index (χ0v) is 14.8.